The number of nitrogens with zero attached hydrogens (tertiary/aromatic N) is 5. The van der Waals surface area contributed by atoms with Crippen molar-refractivity contribution in [2.45, 2.75) is 88.6 Å². The Bertz CT molecular complexity index is 1550. The molecule has 3 aromatic heterocycles. The van der Waals surface area contributed by atoms with Gasteiger partial charge in [0.05, 0.1) is 19.4 Å². The van der Waals surface area contributed by atoms with Crippen LogP contribution >= 0.6 is 0 Å². The summed E-state index contributed by atoms with van der Waals surface area (Å²) in [5.41, 5.74) is 2.54. The molecule has 3 aromatic rings. The van der Waals surface area contributed by atoms with Crippen LogP contribution in [0.3, 0.4) is 0 Å². The molecule has 0 bridgehead atoms. The van der Waals surface area contributed by atoms with E-state index >= 15 is 0 Å². The summed E-state index contributed by atoms with van der Waals surface area (Å²) in [5.74, 6) is 0.767. The second-order valence-electron chi connectivity index (χ2n) is 15.9. The molecule has 4 rings (SSSR count). The first-order chi connectivity index (χ1) is 24.8. The van der Waals surface area contributed by atoms with Gasteiger partial charge in [0.15, 0.2) is 17.7 Å². The van der Waals surface area contributed by atoms with Crippen LogP contribution in [-0.2, 0) is 33.2 Å². The van der Waals surface area contributed by atoms with Gasteiger partial charge in [0.25, 0.3) is 0 Å². The maximum Gasteiger partial charge on any atom is 0.190 e. The Hall–Kier alpha value is -2.90. The maximum atomic E-state index is 13.5. The molecule has 0 aromatic carbocycles. The molecule has 0 saturated heterocycles. The van der Waals surface area contributed by atoms with Crippen molar-refractivity contribution in [3.8, 4) is 11.1 Å². The third-order valence-electron chi connectivity index (χ3n) is 9.32. The Morgan fingerprint density at radius 1 is 0.923 bits per heavy atom. The second-order valence-corrected chi connectivity index (χ2v) is 27.2. The highest BCUT2D eigenvalue weighted by Gasteiger charge is 2.43. The molecular weight excluding hydrogens is 699 g/mol. The lowest BCUT2D eigenvalue weighted by molar-refractivity contribution is -0.160. The van der Waals surface area contributed by atoms with Crippen LogP contribution in [0, 0.1) is 0 Å². The number of methoxy groups -OCH3 is 2. The number of anilines is 1. The van der Waals surface area contributed by atoms with E-state index in [1.165, 1.54) is 7.11 Å². The third-order valence-corrected chi connectivity index (χ3v) is 12.7. The summed E-state index contributed by atoms with van der Waals surface area (Å²) in [6.07, 6.45) is 6.60. The summed E-state index contributed by atoms with van der Waals surface area (Å²) < 4.78 is 36.4. The van der Waals surface area contributed by atoms with Crippen LogP contribution in [0.5, 0.6) is 0 Å². The highest BCUT2D eigenvalue weighted by Crippen LogP contribution is 2.41. The minimum atomic E-state index is -1.30. The molecule has 288 valence electrons. The zero-order valence-corrected chi connectivity index (χ0v) is 34.4. The smallest absolute Gasteiger partial charge is 0.190 e. The second kappa shape index (κ2) is 19.4. The van der Waals surface area contributed by atoms with Gasteiger partial charge in [-0.15, -0.1) is 0 Å². The number of Topliss-reactive ketones (excluding diaryl/α,β-unsaturated/α-hetero) is 1. The average Bonchev–Trinajstić information content (AvgIpc) is 3.54. The molecule has 13 nitrogen and oxygen atoms in total. The molecular formula is C37H59N5O8Si2. The van der Waals surface area contributed by atoms with E-state index in [1.54, 1.807) is 25.6 Å². The number of aromatic nitrogens is 4. The number of pyridine rings is 1. The Labute approximate surface area is 310 Å². The predicted molar refractivity (Wildman–Crippen MR) is 207 cm³/mol. The number of aldehydes is 1. The number of hydrogen-bond donors (Lipinski definition) is 0. The van der Waals surface area contributed by atoms with Gasteiger partial charge >= 0.3 is 0 Å². The normalized spacial score (nSPS) is 18.2. The molecule has 3 heterocycles. The molecule has 0 spiro atoms. The van der Waals surface area contributed by atoms with E-state index in [-0.39, 0.29) is 25.1 Å². The molecule has 0 unspecified atom stereocenters. The fraction of sp³-hybridized carbons (Fsp3) is 0.649. The van der Waals surface area contributed by atoms with Crippen LogP contribution in [0.2, 0.25) is 51.4 Å². The van der Waals surface area contributed by atoms with Gasteiger partial charge in [-0.1, -0.05) is 45.3 Å². The van der Waals surface area contributed by atoms with Gasteiger partial charge in [0.2, 0.25) is 0 Å². The van der Waals surface area contributed by atoms with Gasteiger partial charge in [-0.25, -0.2) is 4.98 Å². The third kappa shape index (κ3) is 12.1. The molecule has 52 heavy (non-hydrogen) atoms. The first kappa shape index (κ1) is 41.9. The quantitative estimate of drug-likeness (QED) is 0.0466. The number of ketones is 1. The van der Waals surface area contributed by atoms with Gasteiger partial charge in [0, 0.05) is 78.6 Å². The molecule has 0 amide bonds. The van der Waals surface area contributed by atoms with E-state index in [1.807, 2.05) is 10.6 Å². The molecule has 1 saturated carbocycles. The van der Waals surface area contributed by atoms with Crippen LogP contribution < -0.4 is 4.90 Å². The number of ether oxygens (including phenoxy) is 6. The summed E-state index contributed by atoms with van der Waals surface area (Å²) in [5, 5.41) is 4.82. The maximum absolute atomic E-state index is 13.5. The molecule has 0 atom stereocenters. The van der Waals surface area contributed by atoms with E-state index in [0.29, 0.717) is 76.9 Å². The lowest BCUT2D eigenvalue weighted by Gasteiger charge is -2.39. The lowest BCUT2D eigenvalue weighted by Crippen LogP contribution is -2.47. The average molecular weight is 758 g/mol. The Balaban J connectivity index is 1.71. The van der Waals surface area contributed by atoms with Crippen molar-refractivity contribution in [1.29, 1.82) is 0 Å². The van der Waals surface area contributed by atoms with Crippen LogP contribution in [-0.4, -0.2) is 121 Å². The SMILES string of the molecule is COCCOC1(C(=O)COCOC)CCC(c2cc(N(COCC[Si](C)(C)C)COCC[Si](C)(C)C)n3ncc(-c4ccc(C=O)nc4)c3n2)CC1. The van der Waals surface area contributed by atoms with Crippen LogP contribution in [0.1, 0.15) is 47.8 Å². The standard InChI is InChI=1S/C37H59N5O8Si2/c1-45-15-16-50-37(34(44)25-49-28-46-2)13-11-29(12-14-37)33-21-35(41(26-47-17-19-51(3,4)5)27-48-18-20-52(6,7)8)42-36(40-33)32(23-39-42)30-9-10-31(24-43)38-22-30/h9-10,21-24,29H,11-20,25-28H2,1-8H3. The highest BCUT2D eigenvalue weighted by atomic mass is 28.3. The van der Waals surface area contributed by atoms with Crippen molar-refractivity contribution < 1.29 is 38.0 Å². The monoisotopic (exact) mass is 757 g/mol. The minimum Gasteiger partial charge on any atom is -0.382 e. The Morgan fingerprint density at radius 3 is 2.15 bits per heavy atom. The minimum absolute atomic E-state index is 0.0382. The fourth-order valence-electron chi connectivity index (χ4n) is 6.07. The van der Waals surface area contributed by atoms with Gasteiger partial charge in [-0.2, -0.15) is 9.61 Å². The van der Waals surface area contributed by atoms with Crippen LogP contribution in [0.15, 0.2) is 30.6 Å². The molecule has 0 N–H and O–H groups in total. The van der Waals surface area contributed by atoms with Crippen LogP contribution in [0.4, 0.5) is 5.82 Å². The lowest BCUT2D eigenvalue weighted by atomic mass is 9.75. The van der Waals surface area contributed by atoms with E-state index in [0.717, 1.165) is 41.0 Å². The van der Waals surface area contributed by atoms with Crippen molar-refractivity contribution >= 4 is 39.7 Å². The molecule has 0 aliphatic heterocycles. The van der Waals surface area contributed by atoms with Crippen molar-refractivity contribution in [2.75, 3.05) is 72.4 Å². The number of fused-ring (bicyclic) bond motifs is 1. The van der Waals surface area contributed by atoms with E-state index < -0.39 is 21.7 Å². The molecule has 1 fully saturated rings. The topological polar surface area (TPSA) is 136 Å². The summed E-state index contributed by atoms with van der Waals surface area (Å²) in [6, 6.07) is 7.75. The van der Waals surface area contributed by atoms with Gasteiger partial charge in [-0.05, 0) is 43.8 Å². The summed E-state index contributed by atoms with van der Waals surface area (Å²) in [6.45, 7) is 16.7. The van der Waals surface area contributed by atoms with Crippen LogP contribution in [0.25, 0.3) is 16.8 Å². The van der Waals surface area contributed by atoms with Gasteiger partial charge in [0.1, 0.15) is 44.0 Å². The molecule has 1 aliphatic carbocycles. The highest BCUT2D eigenvalue weighted by molar-refractivity contribution is 6.76. The Morgan fingerprint density at radius 2 is 1.60 bits per heavy atom. The number of hydrogen-bond acceptors (Lipinski definition) is 12. The zero-order valence-electron chi connectivity index (χ0n) is 32.4. The molecule has 15 heteroatoms. The molecule has 1 aliphatic rings. The number of rotatable bonds is 23. The predicted octanol–water partition coefficient (Wildman–Crippen LogP) is 6.28. The van der Waals surface area contributed by atoms with E-state index in [9.17, 15) is 9.59 Å². The fourth-order valence-corrected chi connectivity index (χ4v) is 7.58. The van der Waals surface area contributed by atoms with Crippen molar-refractivity contribution in [3.63, 3.8) is 0 Å². The van der Waals surface area contributed by atoms with Gasteiger partial charge in [-0.3, -0.25) is 14.6 Å². The number of carbonyl (C=O) groups excluding carboxylic acids is 2. The number of carbonyl (C=O) groups is 2. The van der Waals surface area contributed by atoms with Crippen molar-refractivity contribution in [3.05, 3.63) is 42.0 Å². The zero-order chi connectivity index (χ0) is 37.8. The van der Waals surface area contributed by atoms with E-state index in [2.05, 4.69) is 55.2 Å². The Kier molecular flexibility index (Phi) is 15.6. The summed E-state index contributed by atoms with van der Waals surface area (Å²) >= 11 is 0. The first-order valence-electron chi connectivity index (χ1n) is 18.2. The summed E-state index contributed by atoms with van der Waals surface area (Å²) in [4.78, 5) is 36.5. The summed E-state index contributed by atoms with van der Waals surface area (Å²) in [7, 11) is 0.549. The van der Waals surface area contributed by atoms with Gasteiger partial charge < -0.3 is 33.3 Å². The van der Waals surface area contributed by atoms with Crippen molar-refractivity contribution in [1.82, 2.24) is 19.6 Å². The van der Waals surface area contributed by atoms with E-state index in [4.69, 9.17) is 38.5 Å². The molecule has 0 radical (unpaired) electrons. The first-order valence-corrected chi connectivity index (χ1v) is 25.6. The van der Waals surface area contributed by atoms with Crippen molar-refractivity contribution in [2.24, 2.45) is 0 Å². The largest absolute Gasteiger partial charge is 0.382 e.